The molecule has 0 radical (unpaired) electrons. The number of nitrogens with one attached hydrogen (secondary N) is 1. The Morgan fingerprint density at radius 2 is 2.58 bits per heavy atom. The molecule has 2 rings (SSSR count). The van der Waals surface area contributed by atoms with Crippen LogP contribution in [-0.2, 0) is 0 Å². The van der Waals surface area contributed by atoms with E-state index < -0.39 is 0 Å². The predicted molar refractivity (Wildman–Crippen MR) is 47.6 cm³/mol. The van der Waals surface area contributed by atoms with Crippen LogP contribution in [0.4, 0.5) is 0 Å². The van der Waals surface area contributed by atoms with Crippen molar-refractivity contribution in [3.05, 3.63) is 30.6 Å². The lowest BCUT2D eigenvalue weighted by atomic mass is 10.1. The van der Waals surface area contributed by atoms with E-state index >= 15 is 0 Å². The highest BCUT2D eigenvalue weighted by molar-refractivity contribution is 5.01. The lowest BCUT2D eigenvalue weighted by molar-refractivity contribution is 0.332. The van der Waals surface area contributed by atoms with Gasteiger partial charge in [0.05, 0.1) is 0 Å². The van der Waals surface area contributed by atoms with Crippen molar-refractivity contribution in [3.8, 4) is 0 Å². The first kappa shape index (κ1) is 7.55. The Kier molecular flexibility index (Phi) is 1.96. The van der Waals surface area contributed by atoms with Crippen LogP contribution in [0.3, 0.4) is 0 Å². The summed E-state index contributed by atoms with van der Waals surface area (Å²) in [6.45, 7) is 4.86. The number of piperidine rings is 1. The van der Waals surface area contributed by atoms with Gasteiger partial charge in [0.2, 0.25) is 0 Å². The second kappa shape index (κ2) is 3.11. The standard InChI is InChI=1S/C9H13N3/c1-8-3-4-9(10-7-8)12-6-2-5-11-12/h2,5-6,9-10H,1,3-4,7H2. The second-order valence-corrected chi connectivity index (χ2v) is 3.17. The number of hydrogen-bond acceptors (Lipinski definition) is 2. The van der Waals surface area contributed by atoms with E-state index in [4.69, 9.17) is 0 Å². The molecule has 64 valence electrons. The first-order valence-electron chi connectivity index (χ1n) is 4.25. The maximum absolute atomic E-state index is 4.19. The van der Waals surface area contributed by atoms with Crippen LogP contribution in [0.2, 0.25) is 0 Å². The van der Waals surface area contributed by atoms with E-state index in [1.54, 1.807) is 0 Å². The van der Waals surface area contributed by atoms with Crippen molar-refractivity contribution in [1.29, 1.82) is 0 Å². The van der Waals surface area contributed by atoms with Crippen LogP contribution in [0, 0.1) is 0 Å². The number of aromatic nitrogens is 2. The van der Waals surface area contributed by atoms with Gasteiger partial charge in [-0.25, -0.2) is 0 Å². The molecular formula is C9H13N3. The zero-order chi connectivity index (χ0) is 8.39. The molecule has 1 aromatic heterocycles. The Morgan fingerprint density at radius 1 is 1.67 bits per heavy atom. The van der Waals surface area contributed by atoms with Crippen molar-refractivity contribution < 1.29 is 0 Å². The summed E-state index contributed by atoms with van der Waals surface area (Å²) in [6, 6.07) is 1.95. The minimum Gasteiger partial charge on any atom is -0.292 e. The van der Waals surface area contributed by atoms with Crippen LogP contribution < -0.4 is 5.32 Å². The molecule has 1 saturated heterocycles. The molecule has 0 aliphatic carbocycles. The molecule has 3 nitrogen and oxygen atoms in total. The quantitative estimate of drug-likeness (QED) is 0.633. The van der Waals surface area contributed by atoms with Gasteiger partial charge in [0, 0.05) is 18.9 Å². The van der Waals surface area contributed by atoms with Crippen molar-refractivity contribution in [3.63, 3.8) is 0 Å². The van der Waals surface area contributed by atoms with Gasteiger partial charge in [-0.1, -0.05) is 12.2 Å². The number of hydrogen-bond donors (Lipinski definition) is 1. The van der Waals surface area contributed by atoms with Gasteiger partial charge in [0.25, 0.3) is 0 Å². The van der Waals surface area contributed by atoms with Crippen molar-refractivity contribution in [2.45, 2.75) is 19.0 Å². The second-order valence-electron chi connectivity index (χ2n) is 3.17. The van der Waals surface area contributed by atoms with E-state index in [-0.39, 0.29) is 0 Å². The molecule has 1 N–H and O–H groups in total. The van der Waals surface area contributed by atoms with Crippen molar-refractivity contribution in [1.82, 2.24) is 15.1 Å². The molecule has 1 atom stereocenters. The molecular weight excluding hydrogens is 150 g/mol. The molecule has 12 heavy (non-hydrogen) atoms. The summed E-state index contributed by atoms with van der Waals surface area (Å²) in [4.78, 5) is 0. The minimum atomic E-state index is 0.366. The van der Waals surface area contributed by atoms with E-state index in [2.05, 4.69) is 17.0 Å². The van der Waals surface area contributed by atoms with Gasteiger partial charge in [0.1, 0.15) is 6.17 Å². The summed E-state index contributed by atoms with van der Waals surface area (Å²) in [5.41, 5.74) is 1.29. The van der Waals surface area contributed by atoms with Crippen molar-refractivity contribution in [2.24, 2.45) is 0 Å². The van der Waals surface area contributed by atoms with Crippen LogP contribution in [0.25, 0.3) is 0 Å². The normalized spacial score (nSPS) is 24.3. The Bertz CT molecular complexity index is 253. The van der Waals surface area contributed by atoms with Crippen molar-refractivity contribution >= 4 is 0 Å². The maximum atomic E-state index is 4.19. The predicted octanol–water partition coefficient (Wildman–Crippen LogP) is 1.32. The van der Waals surface area contributed by atoms with Gasteiger partial charge in [0.15, 0.2) is 0 Å². The molecule has 1 aliphatic rings. The molecule has 0 bridgehead atoms. The summed E-state index contributed by atoms with van der Waals surface area (Å²) >= 11 is 0. The Labute approximate surface area is 72.1 Å². The average Bonchev–Trinajstić information content (AvgIpc) is 2.58. The monoisotopic (exact) mass is 163 g/mol. The Morgan fingerprint density at radius 3 is 3.17 bits per heavy atom. The number of nitrogens with zero attached hydrogens (tertiary/aromatic N) is 2. The van der Waals surface area contributed by atoms with Gasteiger partial charge in [-0.3, -0.25) is 10.00 Å². The van der Waals surface area contributed by atoms with Crippen LogP contribution >= 0.6 is 0 Å². The zero-order valence-corrected chi connectivity index (χ0v) is 7.03. The Balaban J connectivity index is 2.03. The molecule has 0 amide bonds. The van der Waals surface area contributed by atoms with Gasteiger partial charge in [-0.05, 0) is 18.9 Å². The first-order valence-corrected chi connectivity index (χ1v) is 4.25. The average molecular weight is 163 g/mol. The fourth-order valence-corrected chi connectivity index (χ4v) is 1.48. The lowest BCUT2D eigenvalue weighted by Gasteiger charge is -2.25. The molecule has 0 saturated carbocycles. The van der Waals surface area contributed by atoms with Gasteiger partial charge in [-0.15, -0.1) is 0 Å². The third-order valence-electron chi connectivity index (χ3n) is 2.20. The summed E-state index contributed by atoms with van der Waals surface area (Å²) in [7, 11) is 0. The molecule has 0 spiro atoms. The summed E-state index contributed by atoms with van der Waals surface area (Å²) in [5, 5.41) is 7.56. The van der Waals surface area contributed by atoms with Gasteiger partial charge in [-0.2, -0.15) is 5.10 Å². The summed E-state index contributed by atoms with van der Waals surface area (Å²) in [6.07, 6.45) is 6.38. The molecule has 3 heteroatoms. The smallest absolute Gasteiger partial charge is 0.102 e. The highest BCUT2D eigenvalue weighted by atomic mass is 15.3. The summed E-state index contributed by atoms with van der Waals surface area (Å²) < 4.78 is 1.96. The highest BCUT2D eigenvalue weighted by Gasteiger charge is 2.15. The largest absolute Gasteiger partial charge is 0.292 e. The SMILES string of the molecule is C=C1CCC(n2cccn2)NC1. The van der Waals surface area contributed by atoms with Crippen LogP contribution in [-0.4, -0.2) is 16.3 Å². The first-order chi connectivity index (χ1) is 5.86. The van der Waals surface area contributed by atoms with Crippen molar-refractivity contribution in [2.75, 3.05) is 6.54 Å². The van der Waals surface area contributed by atoms with E-state index in [1.165, 1.54) is 5.57 Å². The molecule has 2 heterocycles. The topological polar surface area (TPSA) is 29.9 Å². The summed E-state index contributed by atoms with van der Waals surface area (Å²) in [5.74, 6) is 0. The Hall–Kier alpha value is -1.09. The molecule has 1 fully saturated rings. The van der Waals surface area contributed by atoms with Gasteiger partial charge >= 0.3 is 0 Å². The fourth-order valence-electron chi connectivity index (χ4n) is 1.48. The molecule has 1 aliphatic heterocycles. The lowest BCUT2D eigenvalue weighted by Crippen LogP contribution is -2.32. The van der Waals surface area contributed by atoms with Crippen LogP contribution in [0.1, 0.15) is 19.0 Å². The third-order valence-corrected chi connectivity index (χ3v) is 2.20. The van der Waals surface area contributed by atoms with Gasteiger partial charge < -0.3 is 0 Å². The van der Waals surface area contributed by atoms with E-state index in [1.807, 2.05) is 23.1 Å². The molecule has 0 aromatic carbocycles. The van der Waals surface area contributed by atoms with E-state index in [9.17, 15) is 0 Å². The van der Waals surface area contributed by atoms with E-state index in [0.29, 0.717) is 6.17 Å². The highest BCUT2D eigenvalue weighted by Crippen LogP contribution is 2.17. The van der Waals surface area contributed by atoms with E-state index in [0.717, 1.165) is 19.4 Å². The maximum Gasteiger partial charge on any atom is 0.102 e. The fraction of sp³-hybridized carbons (Fsp3) is 0.444. The number of rotatable bonds is 1. The minimum absolute atomic E-state index is 0.366. The zero-order valence-electron chi connectivity index (χ0n) is 7.03. The molecule has 1 aromatic rings. The van der Waals surface area contributed by atoms with Crippen LogP contribution in [0.15, 0.2) is 30.6 Å². The third kappa shape index (κ3) is 1.41. The molecule has 1 unspecified atom stereocenters. The van der Waals surface area contributed by atoms with Crippen LogP contribution in [0.5, 0.6) is 0 Å².